The first-order valence-corrected chi connectivity index (χ1v) is 10.5. The molecule has 1 aromatic carbocycles. The summed E-state index contributed by atoms with van der Waals surface area (Å²) in [4.78, 5) is 37.7. The summed E-state index contributed by atoms with van der Waals surface area (Å²) in [6, 6.07) is 10.0. The third kappa shape index (κ3) is 5.68. The Labute approximate surface area is 172 Å². The first-order valence-electron chi connectivity index (χ1n) is 10.5. The van der Waals surface area contributed by atoms with Gasteiger partial charge in [0.2, 0.25) is 17.7 Å². The fraction of sp³-hybridized carbons (Fsp3) is 0.522. The second kappa shape index (κ2) is 9.72. The van der Waals surface area contributed by atoms with Gasteiger partial charge in [-0.05, 0) is 42.7 Å². The molecular weight excluding hydrogens is 366 g/mol. The molecule has 1 atom stereocenters. The van der Waals surface area contributed by atoms with E-state index < -0.39 is 0 Å². The predicted octanol–water partition coefficient (Wildman–Crippen LogP) is 2.50. The Balaban J connectivity index is 1.50. The fourth-order valence-electron chi connectivity index (χ4n) is 4.59. The highest BCUT2D eigenvalue weighted by Crippen LogP contribution is 2.46. The molecule has 6 nitrogen and oxygen atoms in total. The lowest BCUT2D eigenvalue weighted by Gasteiger charge is -2.43. The van der Waals surface area contributed by atoms with E-state index in [-0.39, 0.29) is 29.2 Å². The largest absolute Gasteiger partial charge is 0.356 e. The quantitative estimate of drug-likeness (QED) is 0.724. The van der Waals surface area contributed by atoms with Crippen LogP contribution in [0, 0.1) is 5.41 Å². The number of carbonyl (C=O) groups is 3. The van der Waals surface area contributed by atoms with Crippen molar-refractivity contribution in [1.82, 2.24) is 15.5 Å². The second-order valence-corrected chi connectivity index (χ2v) is 8.18. The van der Waals surface area contributed by atoms with Crippen LogP contribution >= 0.6 is 0 Å². The number of likely N-dealkylation sites (tertiary alicyclic amines) is 1. The number of nitrogens with zero attached hydrogens (tertiary/aromatic N) is 1. The molecule has 1 saturated heterocycles. The van der Waals surface area contributed by atoms with Gasteiger partial charge in [0.15, 0.2) is 0 Å². The van der Waals surface area contributed by atoms with Crippen LogP contribution in [0.2, 0.25) is 0 Å². The summed E-state index contributed by atoms with van der Waals surface area (Å²) < 4.78 is 0. The van der Waals surface area contributed by atoms with Gasteiger partial charge in [-0.1, -0.05) is 36.8 Å². The van der Waals surface area contributed by atoms with Crippen LogP contribution in [0.15, 0.2) is 36.4 Å². The minimum Gasteiger partial charge on any atom is -0.356 e. The molecule has 2 fully saturated rings. The maximum absolute atomic E-state index is 12.5. The Morgan fingerprint density at radius 1 is 1.14 bits per heavy atom. The summed E-state index contributed by atoms with van der Waals surface area (Å²) in [5.41, 5.74) is 1.12. The molecule has 3 amide bonds. The van der Waals surface area contributed by atoms with E-state index in [2.05, 4.69) is 10.6 Å². The van der Waals surface area contributed by atoms with Crippen LogP contribution in [0.5, 0.6) is 0 Å². The van der Waals surface area contributed by atoms with E-state index >= 15 is 0 Å². The molecule has 2 N–H and O–H groups in total. The van der Waals surface area contributed by atoms with Crippen molar-refractivity contribution in [2.45, 2.75) is 51.5 Å². The van der Waals surface area contributed by atoms with Crippen molar-refractivity contribution in [3.63, 3.8) is 0 Å². The molecule has 1 spiro atoms. The molecule has 156 valence electrons. The highest BCUT2D eigenvalue weighted by molar-refractivity contribution is 5.91. The number of nitrogens with one attached hydrogen (secondary N) is 2. The van der Waals surface area contributed by atoms with Gasteiger partial charge in [0.1, 0.15) is 0 Å². The van der Waals surface area contributed by atoms with Gasteiger partial charge >= 0.3 is 0 Å². The molecule has 1 unspecified atom stereocenters. The van der Waals surface area contributed by atoms with E-state index in [0.29, 0.717) is 13.0 Å². The highest BCUT2D eigenvalue weighted by Gasteiger charge is 2.45. The molecule has 0 bridgehead atoms. The molecule has 1 aliphatic heterocycles. The van der Waals surface area contributed by atoms with E-state index in [4.69, 9.17) is 0 Å². The lowest BCUT2D eigenvalue weighted by molar-refractivity contribution is -0.129. The predicted molar refractivity (Wildman–Crippen MR) is 113 cm³/mol. The van der Waals surface area contributed by atoms with E-state index in [1.807, 2.05) is 41.3 Å². The topological polar surface area (TPSA) is 78.5 Å². The van der Waals surface area contributed by atoms with Crippen LogP contribution in [0.25, 0.3) is 6.08 Å². The zero-order valence-corrected chi connectivity index (χ0v) is 17.2. The summed E-state index contributed by atoms with van der Waals surface area (Å²) in [5, 5.41) is 5.86. The van der Waals surface area contributed by atoms with Crippen molar-refractivity contribution in [3.05, 3.63) is 42.0 Å². The molecule has 1 aromatic rings. The molecule has 1 saturated carbocycles. The monoisotopic (exact) mass is 397 g/mol. The molecule has 3 rings (SSSR count). The van der Waals surface area contributed by atoms with E-state index in [9.17, 15) is 14.4 Å². The van der Waals surface area contributed by atoms with Crippen LogP contribution in [-0.2, 0) is 14.4 Å². The van der Waals surface area contributed by atoms with Gasteiger partial charge in [0, 0.05) is 45.1 Å². The SMILES string of the molecule is CC(=O)NCCC(=O)NC1CCCC12CCN(C(=O)C=Cc1ccccc1)CC2. The minimum absolute atomic E-state index is 0.00525. The lowest BCUT2D eigenvalue weighted by Crippen LogP contribution is -2.51. The molecule has 29 heavy (non-hydrogen) atoms. The number of benzene rings is 1. The number of hydrogen-bond donors (Lipinski definition) is 2. The van der Waals surface area contributed by atoms with Crippen molar-refractivity contribution in [3.8, 4) is 0 Å². The van der Waals surface area contributed by atoms with Crippen LogP contribution < -0.4 is 10.6 Å². The standard InChI is InChI=1S/C23H31N3O3/c1-18(27)24-15-11-21(28)25-20-8-5-12-23(20)13-16-26(17-14-23)22(29)10-9-19-6-3-2-4-7-19/h2-4,6-7,9-10,20H,5,8,11-17H2,1H3,(H,24,27)(H,25,28). The van der Waals surface area contributed by atoms with Gasteiger partial charge in [-0.3, -0.25) is 14.4 Å². The van der Waals surface area contributed by atoms with Gasteiger partial charge in [-0.15, -0.1) is 0 Å². The first-order chi connectivity index (χ1) is 14.0. The smallest absolute Gasteiger partial charge is 0.246 e. The van der Waals surface area contributed by atoms with Crippen molar-refractivity contribution >= 4 is 23.8 Å². The Bertz CT molecular complexity index is 752. The van der Waals surface area contributed by atoms with E-state index in [0.717, 1.165) is 50.8 Å². The number of piperidine rings is 1. The minimum atomic E-state index is -0.117. The van der Waals surface area contributed by atoms with Crippen molar-refractivity contribution < 1.29 is 14.4 Å². The summed E-state index contributed by atoms with van der Waals surface area (Å²) in [6.45, 7) is 3.29. The molecular formula is C23H31N3O3. The fourth-order valence-corrected chi connectivity index (χ4v) is 4.59. The van der Waals surface area contributed by atoms with E-state index in [1.165, 1.54) is 6.92 Å². The average molecular weight is 398 g/mol. The summed E-state index contributed by atoms with van der Waals surface area (Å²) in [7, 11) is 0. The van der Waals surface area contributed by atoms with Gasteiger partial charge in [-0.25, -0.2) is 0 Å². The number of carbonyl (C=O) groups excluding carboxylic acids is 3. The summed E-state index contributed by atoms with van der Waals surface area (Å²) in [6.07, 6.45) is 8.88. The Kier molecular flexibility index (Phi) is 7.07. The average Bonchev–Trinajstić information content (AvgIpc) is 3.08. The van der Waals surface area contributed by atoms with Gasteiger partial charge in [0.05, 0.1) is 0 Å². The molecule has 6 heteroatoms. The Morgan fingerprint density at radius 3 is 2.55 bits per heavy atom. The molecule has 1 aliphatic carbocycles. The molecule has 0 radical (unpaired) electrons. The number of amides is 3. The summed E-state index contributed by atoms with van der Waals surface area (Å²) >= 11 is 0. The van der Waals surface area contributed by atoms with Crippen molar-refractivity contribution in [2.24, 2.45) is 5.41 Å². The normalized spacial score (nSPS) is 20.7. The summed E-state index contributed by atoms with van der Waals surface area (Å²) in [5.74, 6) is -0.0691. The zero-order valence-electron chi connectivity index (χ0n) is 17.2. The third-order valence-electron chi connectivity index (χ3n) is 6.26. The van der Waals surface area contributed by atoms with Crippen LogP contribution in [0.4, 0.5) is 0 Å². The number of rotatable bonds is 6. The second-order valence-electron chi connectivity index (χ2n) is 8.18. The Morgan fingerprint density at radius 2 is 1.86 bits per heavy atom. The molecule has 1 heterocycles. The molecule has 2 aliphatic rings. The van der Waals surface area contributed by atoms with Gasteiger partial charge < -0.3 is 15.5 Å². The first kappa shape index (κ1) is 21.1. The van der Waals surface area contributed by atoms with Crippen LogP contribution in [-0.4, -0.2) is 48.3 Å². The van der Waals surface area contributed by atoms with E-state index in [1.54, 1.807) is 6.08 Å². The lowest BCUT2D eigenvalue weighted by atomic mass is 9.74. The number of hydrogen-bond acceptors (Lipinski definition) is 3. The van der Waals surface area contributed by atoms with Crippen LogP contribution in [0.1, 0.15) is 51.0 Å². The maximum atomic E-state index is 12.5. The van der Waals surface area contributed by atoms with Gasteiger partial charge in [0.25, 0.3) is 0 Å². The molecule has 0 aromatic heterocycles. The van der Waals surface area contributed by atoms with Gasteiger partial charge in [-0.2, -0.15) is 0 Å². The van der Waals surface area contributed by atoms with Crippen molar-refractivity contribution in [2.75, 3.05) is 19.6 Å². The van der Waals surface area contributed by atoms with Crippen molar-refractivity contribution in [1.29, 1.82) is 0 Å². The zero-order chi connectivity index (χ0) is 20.7. The third-order valence-corrected chi connectivity index (χ3v) is 6.26. The Hall–Kier alpha value is -2.63. The highest BCUT2D eigenvalue weighted by atomic mass is 16.2. The van der Waals surface area contributed by atoms with Crippen LogP contribution in [0.3, 0.4) is 0 Å². The maximum Gasteiger partial charge on any atom is 0.246 e.